The molecule has 0 aliphatic rings. The molecule has 2 amide bonds. The molecule has 2 rings (SSSR count). The van der Waals surface area contributed by atoms with Gasteiger partial charge >= 0.3 is 12.0 Å². The van der Waals surface area contributed by atoms with E-state index in [-0.39, 0.29) is 0 Å². The number of carbonyl (C=O) groups excluding carboxylic acids is 2. The van der Waals surface area contributed by atoms with E-state index in [9.17, 15) is 9.59 Å². The van der Waals surface area contributed by atoms with Gasteiger partial charge in [0, 0.05) is 6.08 Å². The second-order valence-electron chi connectivity index (χ2n) is 4.35. The number of rotatable bonds is 5. The van der Waals surface area contributed by atoms with Gasteiger partial charge in [0.05, 0.1) is 11.4 Å². The zero-order chi connectivity index (χ0) is 16.5. The molecule has 7 nitrogen and oxygen atoms in total. The van der Waals surface area contributed by atoms with E-state index in [1.165, 1.54) is 6.08 Å². The van der Waals surface area contributed by atoms with Crippen LogP contribution in [-0.2, 0) is 9.63 Å². The van der Waals surface area contributed by atoms with Crippen molar-refractivity contribution in [2.75, 3.05) is 5.48 Å². The standard InChI is InChI=1S/C16H14N4O3/c17-16(22)19-18-13-7-9-14(10-8-13)20-23-15(21)11-6-12-4-2-1-3-5-12/h1-11,20H,(H2,17,22). The summed E-state index contributed by atoms with van der Waals surface area (Å²) >= 11 is 0. The Morgan fingerprint density at radius 3 is 2.39 bits per heavy atom. The molecular weight excluding hydrogens is 296 g/mol. The molecule has 23 heavy (non-hydrogen) atoms. The monoisotopic (exact) mass is 310 g/mol. The SMILES string of the molecule is NC(=O)N=Nc1ccc(NOC(=O)C=Cc2ccccc2)cc1. The lowest BCUT2D eigenvalue weighted by molar-refractivity contribution is -0.134. The number of urea groups is 1. The fourth-order valence-electron chi connectivity index (χ4n) is 1.57. The highest BCUT2D eigenvalue weighted by Gasteiger charge is 1.99. The fourth-order valence-corrected chi connectivity index (χ4v) is 1.57. The molecule has 0 bridgehead atoms. The molecule has 0 unspecified atom stereocenters. The minimum Gasteiger partial charge on any atom is -0.348 e. The van der Waals surface area contributed by atoms with E-state index < -0.39 is 12.0 Å². The number of nitrogens with zero attached hydrogens (tertiary/aromatic N) is 2. The Labute approximate surface area is 132 Å². The van der Waals surface area contributed by atoms with Crippen molar-refractivity contribution in [2.45, 2.75) is 0 Å². The third-order valence-electron chi connectivity index (χ3n) is 2.61. The van der Waals surface area contributed by atoms with Crippen LogP contribution in [0, 0.1) is 0 Å². The molecule has 0 aromatic heterocycles. The highest BCUT2D eigenvalue weighted by molar-refractivity contribution is 5.87. The van der Waals surface area contributed by atoms with Crippen LogP contribution in [0.15, 0.2) is 70.9 Å². The van der Waals surface area contributed by atoms with Crippen LogP contribution < -0.4 is 11.2 Å². The molecule has 0 radical (unpaired) electrons. The van der Waals surface area contributed by atoms with Crippen LogP contribution in [0.4, 0.5) is 16.2 Å². The quantitative estimate of drug-likeness (QED) is 0.501. The van der Waals surface area contributed by atoms with Crippen molar-refractivity contribution in [3.63, 3.8) is 0 Å². The van der Waals surface area contributed by atoms with Crippen molar-refractivity contribution in [1.82, 2.24) is 0 Å². The predicted molar refractivity (Wildman–Crippen MR) is 85.7 cm³/mol. The molecule has 0 spiro atoms. The number of azo groups is 1. The zero-order valence-corrected chi connectivity index (χ0v) is 12.0. The average molecular weight is 310 g/mol. The summed E-state index contributed by atoms with van der Waals surface area (Å²) in [6, 6.07) is 14.9. The molecule has 2 aromatic carbocycles. The van der Waals surface area contributed by atoms with Gasteiger partial charge in [-0.25, -0.2) is 15.1 Å². The number of anilines is 1. The summed E-state index contributed by atoms with van der Waals surface area (Å²) in [7, 11) is 0. The van der Waals surface area contributed by atoms with Gasteiger partial charge in [-0.3, -0.25) is 0 Å². The van der Waals surface area contributed by atoms with Crippen molar-refractivity contribution < 1.29 is 14.4 Å². The maximum atomic E-state index is 11.6. The highest BCUT2D eigenvalue weighted by atomic mass is 16.7. The molecule has 3 N–H and O–H groups in total. The first-order valence-corrected chi connectivity index (χ1v) is 6.65. The van der Waals surface area contributed by atoms with Crippen LogP contribution >= 0.6 is 0 Å². The first-order chi connectivity index (χ1) is 11.1. The maximum Gasteiger partial charge on any atom is 0.356 e. The van der Waals surface area contributed by atoms with E-state index in [2.05, 4.69) is 15.7 Å². The number of benzene rings is 2. The number of nitrogens with one attached hydrogen (secondary N) is 1. The summed E-state index contributed by atoms with van der Waals surface area (Å²) in [6.07, 6.45) is 2.97. The number of hydrogen-bond acceptors (Lipinski definition) is 5. The average Bonchev–Trinajstić information content (AvgIpc) is 2.58. The number of carbonyl (C=O) groups is 2. The molecule has 0 saturated heterocycles. The smallest absolute Gasteiger partial charge is 0.348 e. The van der Waals surface area contributed by atoms with Gasteiger partial charge in [0.15, 0.2) is 0 Å². The summed E-state index contributed by atoms with van der Waals surface area (Å²) < 4.78 is 0. The third-order valence-corrected chi connectivity index (χ3v) is 2.61. The minimum absolute atomic E-state index is 0.449. The lowest BCUT2D eigenvalue weighted by atomic mass is 10.2. The van der Waals surface area contributed by atoms with E-state index in [1.54, 1.807) is 30.3 Å². The number of amides is 2. The molecule has 0 atom stereocenters. The van der Waals surface area contributed by atoms with E-state index in [4.69, 9.17) is 10.6 Å². The van der Waals surface area contributed by atoms with Gasteiger partial charge in [-0.15, -0.1) is 5.11 Å². The molecule has 0 aliphatic heterocycles. The lowest BCUT2D eigenvalue weighted by Gasteiger charge is -2.04. The van der Waals surface area contributed by atoms with Gasteiger partial charge in [0.2, 0.25) is 0 Å². The zero-order valence-electron chi connectivity index (χ0n) is 12.0. The minimum atomic E-state index is -0.869. The Morgan fingerprint density at radius 1 is 1.04 bits per heavy atom. The van der Waals surface area contributed by atoms with Gasteiger partial charge < -0.3 is 10.6 Å². The Kier molecular flexibility index (Phi) is 5.59. The Morgan fingerprint density at radius 2 is 1.74 bits per heavy atom. The molecule has 0 fully saturated rings. The van der Waals surface area contributed by atoms with Gasteiger partial charge in [-0.2, -0.15) is 0 Å². The number of hydrogen-bond donors (Lipinski definition) is 2. The van der Waals surface area contributed by atoms with E-state index in [1.807, 2.05) is 30.3 Å². The number of primary amides is 1. The molecule has 7 heteroatoms. The summed E-state index contributed by atoms with van der Waals surface area (Å²) in [6.45, 7) is 0. The lowest BCUT2D eigenvalue weighted by Crippen LogP contribution is -2.07. The van der Waals surface area contributed by atoms with Crippen molar-refractivity contribution in [3.05, 3.63) is 66.2 Å². The van der Waals surface area contributed by atoms with E-state index in [0.717, 1.165) is 5.56 Å². The van der Waals surface area contributed by atoms with Crippen molar-refractivity contribution >= 4 is 29.5 Å². The van der Waals surface area contributed by atoms with Crippen LogP contribution in [0.2, 0.25) is 0 Å². The molecule has 0 heterocycles. The molecular formula is C16H14N4O3. The van der Waals surface area contributed by atoms with Crippen molar-refractivity contribution in [2.24, 2.45) is 16.0 Å². The first kappa shape index (κ1) is 15.9. The molecule has 2 aromatic rings. The predicted octanol–water partition coefficient (Wildman–Crippen LogP) is 3.43. The van der Waals surface area contributed by atoms with Gasteiger partial charge in [0.1, 0.15) is 0 Å². The van der Waals surface area contributed by atoms with Gasteiger partial charge in [-0.1, -0.05) is 35.4 Å². The molecule has 116 valence electrons. The number of nitrogens with two attached hydrogens (primary N) is 1. The largest absolute Gasteiger partial charge is 0.356 e. The third kappa shape index (κ3) is 5.80. The highest BCUT2D eigenvalue weighted by Crippen LogP contribution is 2.16. The summed E-state index contributed by atoms with van der Waals surface area (Å²) in [5, 5.41) is 6.81. The van der Waals surface area contributed by atoms with Crippen molar-refractivity contribution in [1.29, 1.82) is 0 Å². The Bertz CT molecular complexity index is 725. The van der Waals surface area contributed by atoms with E-state index >= 15 is 0 Å². The summed E-state index contributed by atoms with van der Waals surface area (Å²) in [5.41, 5.74) is 9.25. The summed E-state index contributed by atoms with van der Waals surface area (Å²) in [5.74, 6) is -0.536. The Balaban J connectivity index is 1.84. The topological polar surface area (TPSA) is 106 Å². The first-order valence-electron chi connectivity index (χ1n) is 6.65. The van der Waals surface area contributed by atoms with E-state index in [0.29, 0.717) is 11.4 Å². The van der Waals surface area contributed by atoms with Crippen LogP contribution in [0.1, 0.15) is 5.56 Å². The second kappa shape index (κ2) is 8.08. The second-order valence-corrected chi connectivity index (χ2v) is 4.35. The summed E-state index contributed by atoms with van der Waals surface area (Å²) in [4.78, 5) is 26.9. The fraction of sp³-hybridized carbons (Fsp3) is 0. The van der Waals surface area contributed by atoms with Gasteiger partial charge in [-0.05, 0) is 35.9 Å². The van der Waals surface area contributed by atoms with Crippen LogP contribution in [0.3, 0.4) is 0 Å². The maximum absolute atomic E-state index is 11.6. The normalized spacial score (nSPS) is 10.8. The molecule has 0 saturated carbocycles. The van der Waals surface area contributed by atoms with Crippen molar-refractivity contribution in [3.8, 4) is 0 Å². The van der Waals surface area contributed by atoms with Crippen LogP contribution in [0.5, 0.6) is 0 Å². The van der Waals surface area contributed by atoms with Crippen LogP contribution in [0.25, 0.3) is 6.08 Å². The Hall–Kier alpha value is -3.48. The molecule has 0 aliphatic carbocycles. The van der Waals surface area contributed by atoms with Crippen LogP contribution in [-0.4, -0.2) is 12.0 Å². The van der Waals surface area contributed by atoms with Gasteiger partial charge in [0.25, 0.3) is 0 Å².